The van der Waals surface area contributed by atoms with Crippen molar-refractivity contribution >= 4 is 33.4 Å². The van der Waals surface area contributed by atoms with E-state index in [4.69, 9.17) is 11.2 Å². The van der Waals surface area contributed by atoms with Crippen molar-refractivity contribution < 1.29 is 14.3 Å². The molecule has 3 aromatic rings. The number of methoxy groups -OCH3 is 1. The average molecular weight is 407 g/mol. The Morgan fingerprint density at radius 3 is 2.38 bits per heavy atom. The van der Waals surface area contributed by atoms with Crippen LogP contribution in [0.3, 0.4) is 0 Å². The number of fused-ring (bicyclic) bond motifs is 1. The number of thiazole rings is 1. The highest BCUT2D eigenvalue weighted by Crippen LogP contribution is 2.23. The zero-order valence-electron chi connectivity index (χ0n) is 16.9. The van der Waals surface area contributed by atoms with Crippen LogP contribution in [-0.4, -0.2) is 23.6 Å². The third-order valence-electron chi connectivity index (χ3n) is 4.55. The predicted octanol–water partition coefficient (Wildman–Crippen LogP) is 4.16. The molecule has 1 aromatic heterocycles. The summed E-state index contributed by atoms with van der Waals surface area (Å²) < 4.78 is 7.37. The quantitative estimate of drug-likeness (QED) is 0.485. The molecular weight excluding hydrogens is 384 g/mol. The fourth-order valence-electron chi connectivity index (χ4n) is 2.91. The fourth-order valence-corrected chi connectivity index (χ4v) is 3.98. The van der Waals surface area contributed by atoms with Gasteiger partial charge >= 0.3 is 5.97 Å². The summed E-state index contributed by atoms with van der Waals surface area (Å²) in [5.41, 5.74) is 2.92. The van der Waals surface area contributed by atoms with Crippen LogP contribution in [0.5, 0.6) is 0 Å². The van der Waals surface area contributed by atoms with E-state index in [1.807, 2.05) is 12.1 Å². The summed E-state index contributed by atoms with van der Waals surface area (Å²) in [5, 5.41) is 0. The van der Waals surface area contributed by atoms with Gasteiger partial charge in [-0.3, -0.25) is 4.79 Å². The van der Waals surface area contributed by atoms with Crippen LogP contribution in [0.25, 0.3) is 10.2 Å². The Morgan fingerprint density at radius 1 is 1.14 bits per heavy atom. The molecule has 1 amide bonds. The molecule has 0 spiro atoms. The number of hydrogen-bond acceptors (Lipinski definition) is 4. The van der Waals surface area contributed by atoms with Crippen LogP contribution in [0.15, 0.2) is 47.5 Å². The number of terminal acetylenes is 1. The van der Waals surface area contributed by atoms with E-state index in [0.29, 0.717) is 15.9 Å². The summed E-state index contributed by atoms with van der Waals surface area (Å²) in [7, 11) is 1.34. The fraction of sp³-hybridized carbons (Fsp3) is 0.261. The third kappa shape index (κ3) is 4.30. The molecule has 3 rings (SSSR count). The Hall–Kier alpha value is -3.17. The molecule has 0 fully saturated rings. The molecular formula is C23H22N2O3S. The van der Waals surface area contributed by atoms with E-state index in [-0.39, 0.29) is 17.9 Å². The second-order valence-corrected chi connectivity index (χ2v) is 8.60. The molecule has 0 aliphatic carbocycles. The number of rotatable bonds is 3. The first-order valence-corrected chi connectivity index (χ1v) is 9.91. The molecule has 29 heavy (non-hydrogen) atoms. The highest BCUT2D eigenvalue weighted by Gasteiger charge is 2.15. The number of ether oxygens (including phenoxy) is 1. The Kier molecular flexibility index (Phi) is 5.71. The summed E-state index contributed by atoms with van der Waals surface area (Å²) in [5.74, 6) is 1.84. The van der Waals surface area contributed by atoms with Crippen molar-refractivity contribution in [2.45, 2.75) is 32.7 Å². The molecule has 0 saturated heterocycles. The van der Waals surface area contributed by atoms with Crippen LogP contribution >= 0.6 is 11.3 Å². The van der Waals surface area contributed by atoms with E-state index in [1.54, 1.807) is 34.9 Å². The van der Waals surface area contributed by atoms with Crippen molar-refractivity contribution in [3.8, 4) is 12.3 Å². The van der Waals surface area contributed by atoms with E-state index >= 15 is 0 Å². The zero-order chi connectivity index (χ0) is 21.2. The van der Waals surface area contributed by atoms with E-state index < -0.39 is 5.97 Å². The molecule has 6 heteroatoms. The maximum absolute atomic E-state index is 12.7. The topological polar surface area (TPSA) is 60.7 Å². The highest BCUT2D eigenvalue weighted by atomic mass is 32.1. The first-order valence-electron chi connectivity index (χ1n) is 9.09. The van der Waals surface area contributed by atoms with E-state index in [0.717, 1.165) is 15.8 Å². The van der Waals surface area contributed by atoms with Gasteiger partial charge in [0.1, 0.15) is 0 Å². The van der Waals surface area contributed by atoms with Gasteiger partial charge in [-0.05, 0) is 41.3 Å². The smallest absolute Gasteiger partial charge is 0.337 e. The van der Waals surface area contributed by atoms with Gasteiger partial charge < -0.3 is 9.30 Å². The number of aromatic nitrogens is 1. The van der Waals surface area contributed by atoms with Gasteiger partial charge in [-0.25, -0.2) is 4.79 Å². The first-order chi connectivity index (χ1) is 13.7. The van der Waals surface area contributed by atoms with Gasteiger partial charge in [0.05, 0.1) is 29.4 Å². The van der Waals surface area contributed by atoms with Crippen LogP contribution in [0.2, 0.25) is 0 Å². The van der Waals surface area contributed by atoms with Crippen molar-refractivity contribution in [2.75, 3.05) is 7.11 Å². The lowest BCUT2D eigenvalue weighted by molar-refractivity contribution is 0.0601. The number of benzene rings is 2. The number of nitrogens with zero attached hydrogens (tertiary/aromatic N) is 2. The third-order valence-corrected chi connectivity index (χ3v) is 5.59. The predicted molar refractivity (Wildman–Crippen MR) is 115 cm³/mol. The summed E-state index contributed by atoms with van der Waals surface area (Å²) >= 11 is 1.31. The maximum atomic E-state index is 12.7. The number of hydrogen-bond donors (Lipinski definition) is 0. The van der Waals surface area contributed by atoms with Gasteiger partial charge in [-0.15, -0.1) is 6.42 Å². The van der Waals surface area contributed by atoms with E-state index in [1.165, 1.54) is 18.4 Å². The Bertz CT molecular complexity index is 1190. The van der Waals surface area contributed by atoms with Gasteiger partial charge in [0.25, 0.3) is 5.91 Å². The number of esters is 1. The molecule has 5 nitrogen and oxygen atoms in total. The number of carbonyl (C=O) groups is 2. The lowest BCUT2D eigenvalue weighted by atomic mass is 9.87. The monoisotopic (exact) mass is 406 g/mol. The standard InChI is InChI=1S/C23H22N2O3S/c1-6-13-25-18-12-9-16(21(27)28-5)14-19(18)29-22(25)24-20(26)15-7-10-17(11-8-15)23(2,3)4/h1,7-12,14H,13H2,2-5H3. The van der Waals surface area contributed by atoms with Crippen molar-refractivity contribution in [2.24, 2.45) is 4.99 Å². The van der Waals surface area contributed by atoms with Gasteiger partial charge in [0.15, 0.2) is 4.80 Å². The summed E-state index contributed by atoms with van der Waals surface area (Å²) in [6, 6.07) is 12.7. The molecule has 0 saturated carbocycles. The minimum absolute atomic E-state index is 0.0113. The van der Waals surface area contributed by atoms with Crippen LogP contribution in [0.4, 0.5) is 0 Å². The highest BCUT2D eigenvalue weighted by molar-refractivity contribution is 7.16. The van der Waals surface area contributed by atoms with E-state index in [9.17, 15) is 9.59 Å². The molecule has 2 aromatic carbocycles. The van der Waals surface area contributed by atoms with E-state index in [2.05, 4.69) is 31.7 Å². The average Bonchev–Trinajstić information content (AvgIpc) is 3.03. The van der Waals surface area contributed by atoms with Gasteiger partial charge in [-0.1, -0.05) is 50.2 Å². The molecule has 0 atom stereocenters. The summed E-state index contributed by atoms with van der Waals surface area (Å²) in [6.45, 7) is 6.64. The maximum Gasteiger partial charge on any atom is 0.337 e. The molecule has 0 aliphatic rings. The van der Waals surface area contributed by atoms with Crippen LogP contribution < -0.4 is 4.80 Å². The van der Waals surface area contributed by atoms with Crippen LogP contribution in [0, 0.1) is 12.3 Å². The SMILES string of the molecule is C#CCn1c(=NC(=O)c2ccc(C(C)(C)C)cc2)sc2cc(C(=O)OC)ccc21. The van der Waals surface area contributed by atoms with Gasteiger partial charge in [0.2, 0.25) is 0 Å². The molecule has 0 N–H and O–H groups in total. The molecule has 148 valence electrons. The Labute approximate surface area is 173 Å². The Morgan fingerprint density at radius 2 is 1.79 bits per heavy atom. The van der Waals surface area contributed by atoms with Gasteiger partial charge in [0, 0.05) is 5.56 Å². The number of amides is 1. The lowest BCUT2D eigenvalue weighted by Crippen LogP contribution is -2.16. The summed E-state index contributed by atoms with van der Waals surface area (Å²) in [6.07, 6.45) is 5.51. The minimum atomic E-state index is -0.419. The van der Waals surface area contributed by atoms with Crippen molar-refractivity contribution in [1.29, 1.82) is 0 Å². The normalized spacial score (nSPS) is 12.0. The van der Waals surface area contributed by atoms with Crippen LogP contribution in [0.1, 0.15) is 47.1 Å². The van der Waals surface area contributed by atoms with Crippen molar-refractivity contribution in [3.05, 3.63) is 64.0 Å². The summed E-state index contributed by atoms with van der Waals surface area (Å²) in [4.78, 5) is 29.3. The molecule has 0 unspecified atom stereocenters. The van der Waals surface area contributed by atoms with Crippen molar-refractivity contribution in [1.82, 2.24) is 4.57 Å². The largest absolute Gasteiger partial charge is 0.465 e. The lowest BCUT2D eigenvalue weighted by Gasteiger charge is -2.18. The molecule has 0 bridgehead atoms. The second kappa shape index (κ2) is 8.06. The molecule has 0 aliphatic heterocycles. The zero-order valence-corrected chi connectivity index (χ0v) is 17.7. The number of carbonyl (C=O) groups excluding carboxylic acids is 2. The second-order valence-electron chi connectivity index (χ2n) is 7.59. The van der Waals surface area contributed by atoms with Crippen molar-refractivity contribution in [3.63, 3.8) is 0 Å². The molecule has 1 heterocycles. The molecule has 0 radical (unpaired) electrons. The van der Waals surface area contributed by atoms with Gasteiger partial charge in [-0.2, -0.15) is 4.99 Å². The van der Waals surface area contributed by atoms with Crippen LogP contribution in [-0.2, 0) is 16.7 Å². The first kappa shape index (κ1) is 20.6. The minimum Gasteiger partial charge on any atom is -0.465 e. The Balaban J connectivity index is 2.06.